The number of hydrogen-bond acceptors (Lipinski definition) is 4. The molecule has 0 spiro atoms. The molecule has 2 fully saturated rings. The molecule has 150 valence electrons. The molecular weight excluding hydrogens is 368 g/mol. The number of carbonyl (C=O) groups is 1. The fourth-order valence-corrected chi connectivity index (χ4v) is 4.98. The van der Waals surface area contributed by atoms with Gasteiger partial charge in [0.15, 0.2) is 0 Å². The molecule has 4 rings (SSSR count). The van der Waals surface area contributed by atoms with E-state index in [2.05, 4.69) is 36.9 Å². The van der Waals surface area contributed by atoms with Gasteiger partial charge < -0.3 is 14.5 Å². The zero-order valence-corrected chi connectivity index (χ0v) is 17.7. The molecule has 0 aromatic heterocycles. The molecular formula is C23H30N2O2S. The van der Waals surface area contributed by atoms with E-state index >= 15 is 0 Å². The number of amides is 1. The summed E-state index contributed by atoms with van der Waals surface area (Å²) in [4.78, 5) is 17.2. The molecule has 0 unspecified atom stereocenters. The molecule has 0 atom stereocenters. The number of piperidine rings is 1. The van der Waals surface area contributed by atoms with Crippen LogP contribution in [0.1, 0.15) is 37.0 Å². The maximum Gasteiger partial charge on any atom is 0.253 e. The van der Waals surface area contributed by atoms with Crippen LogP contribution in [0, 0.1) is 0 Å². The maximum atomic E-state index is 12.7. The maximum absolute atomic E-state index is 12.7. The SMILES string of the molecule is CC(C)N1CCC(Oc2ccc3cc(C(=O)N4CCSCC4)ccc3c2)CC1. The second kappa shape index (κ2) is 8.75. The summed E-state index contributed by atoms with van der Waals surface area (Å²) in [5.41, 5.74) is 0.786. The lowest BCUT2D eigenvalue weighted by Gasteiger charge is -2.34. The number of benzene rings is 2. The van der Waals surface area contributed by atoms with E-state index in [1.807, 2.05) is 34.9 Å². The van der Waals surface area contributed by atoms with Gasteiger partial charge in [0.25, 0.3) is 5.91 Å². The van der Waals surface area contributed by atoms with Crippen LogP contribution in [0.15, 0.2) is 36.4 Å². The first-order valence-electron chi connectivity index (χ1n) is 10.4. The van der Waals surface area contributed by atoms with Gasteiger partial charge in [-0.05, 0) is 61.7 Å². The van der Waals surface area contributed by atoms with E-state index in [4.69, 9.17) is 4.74 Å². The number of likely N-dealkylation sites (tertiary alicyclic amines) is 1. The van der Waals surface area contributed by atoms with Gasteiger partial charge in [0.1, 0.15) is 11.9 Å². The average molecular weight is 399 g/mol. The van der Waals surface area contributed by atoms with Crippen molar-refractivity contribution in [2.24, 2.45) is 0 Å². The molecule has 0 radical (unpaired) electrons. The summed E-state index contributed by atoms with van der Waals surface area (Å²) in [5, 5.41) is 2.22. The highest BCUT2D eigenvalue weighted by Crippen LogP contribution is 2.26. The van der Waals surface area contributed by atoms with Crippen molar-refractivity contribution < 1.29 is 9.53 Å². The molecule has 2 heterocycles. The van der Waals surface area contributed by atoms with Crippen molar-refractivity contribution in [3.05, 3.63) is 42.0 Å². The highest BCUT2D eigenvalue weighted by molar-refractivity contribution is 7.99. The summed E-state index contributed by atoms with van der Waals surface area (Å²) in [6.45, 7) is 8.43. The van der Waals surface area contributed by atoms with E-state index in [0.29, 0.717) is 12.1 Å². The molecule has 4 nitrogen and oxygen atoms in total. The topological polar surface area (TPSA) is 32.8 Å². The van der Waals surface area contributed by atoms with Gasteiger partial charge in [-0.1, -0.05) is 12.1 Å². The molecule has 2 aliphatic heterocycles. The Labute approximate surface area is 172 Å². The summed E-state index contributed by atoms with van der Waals surface area (Å²) in [6.07, 6.45) is 2.46. The van der Waals surface area contributed by atoms with Crippen LogP contribution in [-0.2, 0) is 0 Å². The number of fused-ring (bicyclic) bond motifs is 1. The van der Waals surface area contributed by atoms with Crippen LogP contribution in [-0.4, -0.2) is 65.5 Å². The lowest BCUT2D eigenvalue weighted by molar-refractivity contribution is 0.0772. The molecule has 2 aromatic carbocycles. The van der Waals surface area contributed by atoms with Gasteiger partial charge in [0.05, 0.1) is 0 Å². The van der Waals surface area contributed by atoms with Crippen molar-refractivity contribution in [1.82, 2.24) is 9.80 Å². The Morgan fingerprint density at radius 1 is 1.00 bits per heavy atom. The van der Waals surface area contributed by atoms with Crippen LogP contribution in [0.25, 0.3) is 10.8 Å². The van der Waals surface area contributed by atoms with Gasteiger partial charge >= 0.3 is 0 Å². The lowest BCUT2D eigenvalue weighted by atomic mass is 10.0. The zero-order chi connectivity index (χ0) is 19.5. The fourth-order valence-electron chi connectivity index (χ4n) is 4.08. The summed E-state index contributed by atoms with van der Waals surface area (Å²) in [6, 6.07) is 12.9. The van der Waals surface area contributed by atoms with Crippen LogP contribution in [0.4, 0.5) is 0 Å². The van der Waals surface area contributed by atoms with E-state index in [9.17, 15) is 4.79 Å². The van der Waals surface area contributed by atoms with Crippen molar-refractivity contribution in [2.75, 3.05) is 37.7 Å². The van der Waals surface area contributed by atoms with Gasteiger partial charge in [-0.25, -0.2) is 0 Å². The van der Waals surface area contributed by atoms with Crippen molar-refractivity contribution in [1.29, 1.82) is 0 Å². The van der Waals surface area contributed by atoms with E-state index in [1.165, 1.54) is 0 Å². The van der Waals surface area contributed by atoms with Crippen LogP contribution in [0.5, 0.6) is 5.75 Å². The Morgan fingerprint density at radius 2 is 1.68 bits per heavy atom. The second-order valence-electron chi connectivity index (χ2n) is 8.08. The van der Waals surface area contributed by atoms with Gasteiger partial charge in [0.2, 0.25) is 0 Å². The monoisotopic (exact) mass is 398 g/mol. The van der Waals surface area contributed by atoms with Crippen LogP contribution < -0.4 is 4.74 Å². The lowest BCUT2D eigenvalue weighted by Crippen LogP contribution is -2.41. The van der Waals surface area contributed by atoms with Crippen LogP contribution in [0.2, 0.25) is 0 Å². The minimum atomic E-state index is 0.152. The molecule has 5 heteroatoms. The van der Waals surface area contributed by atoms with E-state index < -0.39 is 0 Å². The zero-order valence-electron chi connectivity index (χ0n) is 16.9. The molecule has 0 saturated carbocycles. The number of ether oxygens (including phenoxy) is 1. The fraction of sp³-hybridized carbons (Fsp3) is 0.522. The standard InChI is InChI=1S/C23H30N2O2S/c1-17(2)24-9-7-21(8-10-24)27-22-6-5-18-15-20(4-3-19(18)16-22)23(26)25-11-13-28-14-12-25/h3-6,15-17,21H,7-14H2,1-2H3. The Bertz CT molecular complexity index is 824. The third kappa shape index (κ3) is 4.47. The molecule has 1 amide bonds. The smallest absolute Gasteiger partial charge is 0.253 e. The number of thioether (sulfide) groups is 1. The highest BCUT2D eigenvalue weighted by Gasteiger charge is 2.22. The number of hydrogen-bond donors (Lipinski definition) is 0. The molecule has 2 aliphatic rings. The predicted molar refractivity (Wildman–Crippen MR) is 118 cm³/mol. The first kappa shape index (κ1) is 19.6. The Hall–Kier alpha value is -1.72. The van der Waals surface area contributed by atoms with Gasteiger partial charge in [0, 0.05) is 49.3 Å². The molecule has 28 heavy (non-hydrogen) atoms. The first-order chi connectivity index (χ1) is 13.6. The van der Waals surface area contributed by atoms with Crippen molar-refractivity contribution in [2.45, 2.75) is 38.8 Å². The Kier molecular flexibility index (Phi) is 6.12. The van der Waals surface area contributed by atoms with Gasteiger partial charge in [-0.3, -0.25) is 4.79 Å². The number of carbonyl (C=O) groups excluding carboxylic acids is 1. The third-order valence-corrected chi connectivity index (χ3v) is 6.81. The molecule has 2 saturated heterocycles. The van der Waals surface area contributed by atoms with Crippen LogP contribution in [0.3, 0.4) is 0 Å². The number of nitrogens with zero attached hydrogens (tertiary/aromatic N) is 2. The van der Waals surface area contributed by atoms with E-state index in [1.54, 1.807) is 0 Å². The molecule has 0 N–H and O–H groups in total. The quantitative estimate of drug-likeness (QED) is 0.770. The first-order valence-corrected chi connectivity index (χ1v) is 11.6. The minimum Gasteiger partial charge on any atom is -0.490 e. The highest BCUT2D eigenvalue weighted by atomic mass is 32.2. The normalized spacial score (nSPS) is 19.3. The summed E-state index contributed by atoms with van der Waals surface area (Å²) in [5.74, 6) is 3.16. The third-order valence-electron chi connectivity index (χ3n) is 5.87. The molecule has 0 aliphatic carbocycles. The largest absolute Gasteiger partial charge is 0.490 e. The second-order valence-corrected chi connectivity index (χ2v) is 9.30. The average Bonchev–Trinajstić information content (AvgIpc) is 2.74. The van der Waals surface area contributed by atoms with Crippen LogP contribution >= 0.6 is 11.8 Å². The summed E-state index contributed by atoms with van der Waals surface area (Å²) >= 11 is 1.92. The molecule has 0 bridgehead atoms. The molecule has 2 aromatic rings. The predicted octanol–water partition coefficient (Wildman–Crippen LogP) is 4.28. The number of rotatable bonds is 4. The van der Waals surface area contributed by atoms with Gasteiger partial charge in [-0.2, -0.15) is 11.8 Å². The van der Waals surface area contributed by atoms with Crippen molar-refractivity contribution in [3.8, 4) is 5.75 Å². The Morgan fingerprint density at radius 3 is 2.39 bits per heavy atom. The summed E-state index contributed by atoms with van der Waals surface area (Å²) < 4.78 is 6.26. The Balaban J connectivity index is 1.43. The van der Waals surface area contributed by atoms with Crippen molar-refractivity contribution in [3.63, 3.8) is 0 Å². The summed E-state index contributed by atoms with van der Waals surface area (Å²) in [7, 11) is 0. The van der Waals surface area contributed by atoms with E-state index in [0.717, 1.165) is 72.6 Å². The van der Waals surface area contributed by atoms with E-state index in [-0.39, 0.29) is 5.91 Å². The minimum absolute atomic E-state index is 0.152. The van der Waals surface area contributed by atoms with Crippen molar-refractivity contribution >= 4 is 28.4 Å². The van der Waals surface area contributed by atoms with Gasteiger partial charge in [-0.15, -0.1) is 0 Å².